The second kappa shape index (κ2) is 7.29. The SMILES string of the molecule is Cc1ccccc1Oc1ncccc1CNC(=O)c1n[nH]c2ccccc12. The Hall–Kier alpha value is -3.67. The van der Waals surface area contributed by atoms with Crippen molar-refractivity contribution in [2.24, 2.45) is 0 Å². The Balaban J connectivity index is 1.52. The minimum atomic E-state index is -0.252. The van der Waals surface area contributed by atoms with Crippen LogP contribution >= 0.6 is 0 Å². The third-order valence-electron chi connectivity index (χ3n) is 4.28. The van der Waals surface area contributed by atoms with Crippen LogP contribution < -0.4 is 10.1 Å². The summed E-state index contributed by atoms with van der Waals surface area (Å²) in [6.45, 7) is 2.26. The van der Waals surface area contributed by atoms with Gasteiger partial charge in [-0.05, 0) is 30.7 Å². The predicted molar refractivity (Wildman–Crippen MR) is 103 cm³/mol. The molecule has 4 rings (SSSR count). The fourth-order valence-electron chi connectivity index (χ4n) is 2.82. The maximum Gasteiger partial charge on any atom is 0.272 e. The molecule has 0 saturated carbocycles. The summed E-state index contributed by atoms with van der Waals surface area (Å²) < 4.78 is 5.95. The van der Waals surface area contributed by atoms with Crippen LogP contribution in [0, 0.1) is 6.92 Å². The molecule has 0 aliphatic carbocycles. The van der Waals surface area contributed by atoms with E-state index in [2.05, 4.69) is 20.5 Å². The predicted octanol–water partition coefficient (Wildman–Crippen LogP) is 3.99. The zero-order chi connectivity index (χ0) is 18.6. The van der Waals surface area contributed by atoms with E-state index in [9.17, 15) is 4.79 Å². The number of hydrogen-bond donors (Lipinski definition) is 2. The molecule has 0 atom stereocenters. The number of benzene rings is 2. The molecule has 0 fully saturated rings. The van der Waals surface area contributed by atoms with Crippen LogP contribution in [-0.4, -0.2) is 21.1 Å². The van der Waals surface area contributed by atoms with Crippen LogP contribution in [0.3, 0.4) is 0 Å². The highest BCUT2D eigenvalue weighted by atomic mass is 16.5. The molecule has 2 aromatic heterocycles. The smallest absolute Gasteiger partial charge is 0.272 e. The van der Waals surface area contributed by atoms with Gasteiger partial charge in [0.15, 0.2) is 5.69 Å². The molecule has 6 heteroatoms. The van der Waals surface area contributed by atoms with Gasteiger partial charge >= 0.3 is 0 Å². The molecule has 2 heterocycles. The molecular weight excluding hydrogens is 340 g/mol. The van der Waals surface area contributed by atoms with Gasteiger partial charge in [0.2, 0.25) is 5.88 Å². The normalized spacial score (nSPS) is 10.7. The minimum absolute atomic E-state index is 0.252. The number of ether oxygens (including phenoxy) is 1. The summed E-state index contributed by atoms with van der Waals surface area (Å²) >= 11 is 0. The number of fused-ring (bicyclic) bond motifs is 1. The van der Waals surface area contributed by atoms with E-state index in [1.165, 1.54) is 0 Å². The van der Waals surface area contributed by atoms with Gasteiger partial charge in [-0.25, -0.2) is 4.98 Å². The Bertz CT molecular complexity index is 1100. The lowest BCUT2D eigenvalue weighted by Gasteiger charge is -2.12. The van der Waals surface area contributed by atoms with Crippen LogP contribution in [0.5, 0.6) is 11.6 Å². The summed E-state index contributed by atoms with van der Waals surface area (Å²) in [5.41, 5.74) is 3.00. The number of pyridine rings is 1. The van der Waals surface area contributed by atoms with E-state index in [4.69, 9.17) is 4.74 Å². The number of rotatable bonds is 5. The summed E-state index contributed by atoms with van der Waals surface area (Å²) in [6, 6.07) is 18.9. The fourth-order valence-corrected chi connectivity index (χ4v) is 2.82. The van der Waals surface area contributed by atoms with Crippen LogP contribution in [0.2, 0.25) is 0 Å². The van der Waals surface area contributed by atoms with E-state index < -0.39 is 0 Å². The zero-order valence-corrected chi connectivity index (χ0v) is 14.8. The minimum Gasteiger partial charge on any atom is -0.438 e. The van der Waals surface area contributed by atoms with E-state index in [0.717, 1.165) is 27.8 Å². The second-order valence-corrected chi connectivity index (χ2v) is 6.14. The zero-order valence-electron chi connectivity index (χ0n) is 14.8. The van der Waals surface area contributed by atoms with Crippen LogP contribution in [0.25, 0.3) is 10.9 Å². The standard InChI is InChI=1S/C21H18N4O2/c1-14-7-2-5-11-18(14)27-21-15(8-6-12-22-21)13-23-20(26)19-16-9-3-4-10-17(16)24-25-19/h2-12H,13H2,1H3,(H,23,26)(H,24,25). The number of nitrogens with one attached hydrogen (secondary N) is 2. The quantitative estimate of drug-likeness (QED) is 0.565. The number of carbonyl (C=O) groups excluding carboxylic acids is 1. The highest BCUT2D eigenvalue weighted by Crippen LogP contribution is 2.25. The monoisotopic (exact) mass is 358 g/mol. The molecule has 134 valence electrons. The Morgan fingerprint density at radius 2 is 1.89 bits per heavy atom. The number of amides is 1. The van der Waals surface area contributed by atoms with Gasteiger partial charge < -0.3 is 10.1 Å². The van der Waals surface area contributed by atoms with Crippen molar-refractivity contribution in [3.05, 3.63) is 83.7 Å². The number of nitrogens with zero attached hydrogens (tertiary/aromatic N) is 2. The van der Waals surface area contributed by atoms with E-state index in [1.54, 1.807) is 6.20 Å². The molecule has 0 bridgehead atoms. The molecule has 0 saturated heterocycles. The van der Waals surface area contributed by atoms with E-state index in [0.29, 0.717) is 11.6 Å². The largest absolute Gasteiger partial charge is 0.438 e. The molecule has 1 amide bonds. The van der Waals surface area contributed by atoms with Gasteiger partial charge in [0.1, 0.15) is 5.75 Å². The number of para-hydroxylation sites is 2. The van der Waals surface area contributed by atoms with Crippen molar-refractivity contribution in [3.8, 4) is 11.6 Å². The Morgan fingerprint density at radius 3 is 2.78 bits per heavy atom. The Labute approximate surface area is 156 Å². The molecule has 0 unspecified atom stereocenters. The summed E-state index contributed by atoms with van der Waals surface area (Å²) in [6.07, 6.45) is 1.67. The van der Waals surface area contributed by atoms with Crippen molar-refractivity contribution in [1.29, 1.82) is 0 Å². The van der Waals surface area contributed by atoms with Crippen molar-refractivity contribution < 1.29 is 9.53 Å². The van der Waals surface area contributed by atoms with Crippen molar-refractivity contribution in [1.82, 2.24) is 20.5 Å². The highest BCUT2D eigenvalue weighted by Gasteiger charge is 2.15. The molecule has 27 heavy (non-hydrogen) atoms. The average Bonchev–Trinajstić information content (AvgIpc) is 3.13. The number of carbonyl (C=O) groups is 1. The number of H-pyrrole nitrogens is 1. The van der Waals surface area contributed by atoms with Gasteiger partial charge in [-0.3, -0.25) is 9.89 Å². The summed E-state index contributed by atoms with van der Waals surface area (Å²) in [7, 11) is 0. The Kier molecular flexibility index (Phi) is 4.53. The molecule has 4 aromatic rings. The third kappa shape index (κ3) is 3.50. The molecule has 2 aromatic carbocycles. The first-order valence-electron chi connectivity index (χ1n) is 8.61. The van der Waals surface area contributed by atoms with Gasteiger partial charge in [0.25, 0.3) is 5.91 Å². The molecule has 0 aliphatic rings. The first-order chi connectivity index (χ1) is 13.2. The maximum atomic E-state index is 12.6. The maximum absolute atomic E-state index is 12.6. The second-order valence-electron chi connectivity index (χ2n) is 6.14. The fraction of sp³-hybridized carbons (Fsp3) is 0.0952. The van der Waals surface area contributed by atoms with Crippen LogP contribution in [0.15, 0.2) is 66.9 Å². The third-order valence-corrected chi connectivity index (χ3v) is 4.28. The lowest BCUT2D eigenvalue weighted by atomic mass is 10.2. The topological polar surface area (TPSA) is 79.9 Å². The van der Waals surface area contributed by atoms with Crippen LogP contribution in [0.1, 0.15) is 21.6 Å². The molecule has 6 nitrogen and oxygen atoms in total. The van der Waals surface area contributed by atoms with Gasteiger partial charge in [0, 0.05) is 23.7 Å². The van der Waals surface area contributed by atoms with Gasteiger partial charge in [-0.2, -0.15) is 5.10 Å². The van der Waals surface area contributed by atoms with E-state index in [1.807, 2.05) is 67.6 Å². The van der Waals surface area contributed by atoms with Crippen molar-refractivity contribution >= 4 is 16.8 Å². The number of aromatic amines is 1. The Morgan fingerprint density at radius 1 is 1.07 bits per heavy atom. The highest BCUT2D eigenvalue weighted by molar-refractivity contribution is 6.04. The van der Waals surface area contributed by atoms with Gasteiger partial charge in [0.05, 0.1) is 5.52 Å². The van der Waals surface area contributed by atoms with Gasteiger partial charge in [-0.1, -0.05) is 42.5 Å². The first-order valence-corrected chi connectivity index (χ1v) is 8.61. The summed E-state index contributed by atoms with van der Waals surface area (Å²) in [4.78, 5) is 16.9. The molecule has 0 aliphatic heterocycles. The molecular formula is C21H18N4O2. The number of hydrogen-bond acceptors (Lipinski definition) is 4. The average molecular weight is 358 g/mol. The molecule has 2 N–H and O–H groups in total. The van der Waals surface area contributed by atoms with Crippen molar-refractivity contribution in [2.75, 3.05) is 0 Å². The summed E-state index contributed by atoms with van der Waals surface area (Å²) in [5.74, 6) is 0.958. The van der Waals surface area contributed by atoms with Crippen molar-refractivity contribution in [3.63, 3.8) is 0 Å². The summed E-state index contributed by atoms with van der Waals surface area (Å²) in [5, 5.41) is 10.7. The number of aryl methyl sites for hydroxylation is 1. The lowest BCUT2D eigenvalue weighted by Crippen LogP contribution is -2.23. The van der Waals surface area contributed by atoms with Gasteiger partial charge in [-0.15, -0.1) is 0 Å². The van der Waals surface area contributed by atoms with Crippen molar-refractivity contribution in [2.45, 2.75) is 13.5 Å². The first kappa shape index (κ1) is 16.8. The lowest BCUT2D eigenvalue weighted by molar-refractivity contribution is 0.0947. The van der Waals surface area contributed by atoms with E-state index in [-0.39, 0.29) is 12.5 Å². The molecule has 0 radical (unpaired) electrons. The van der Waals surface area contributed by atoms with Crippen LogP contribution in [-0.2, 0) is 6.54 Å². The number of aromatic nitrogens is 3. The van der Waals surface area contributed by atoms with Crippen LogP contribution in [0.4, 0.5) is 0 Å². The molecule has 0 spiro atoms. The van der Waals surface area contributed by atoms with E-state index >= 15 is 0 Å².